The van der Waals surface area contributed by atoms with Crippen molar-refractivity contribution in [3.63, 3.8) is 0 Å². The van der Waals surface area contributed by atoms with E-state index in [1.807, 2.05) is 0 Å². The summed E-state index contributed by atoms with van der Waals surface area (Å²) in [5, 5.41) is 0. The highest BCUT2D eigenvalue weighted by Crippen LogP contribution is 2.48. The Kier molecular flexibility index (Phi) is 4.00. The average molecular weight is 357 g/mol. The third-order valence-electron chi connectivity index (χ3n) is 4.85. The van der Waals surface area contributed by atoms with Crippen LogP contribution >= 0.6 is 0 Å². The standard InChI is InChI=1S/C15H19NO5S2/c1-22(18,19)12-3-2-4-13(9-12)23(20,21)16-15(17)14-8-10-5-6-11(14)7-10/h2-4,9-11,14H,5-8H2,1H3,(H,16,17). The minimum atomic E-state index is -4.06. The predicted molar refractivity (Wildman–Crippen MR) is 83.8 cm³/mol. The molecule has 3 unspecified atom stereocenters. The second-order valence-corrected chi connectivity index (χ2v) is 10.2. The molecule has 6 nitrogen and oxygen atoms in total. The zero-order valence-corrected chi connectivity index (χ0v) is 14.4. The molecule has 8 heteroatoms. The molecule has 126 valence electrons. The van der Waals surface area contributed by atoms with Gasteiger partial charge in [-0.25, -0.2) is 21.6 Å². The van der Waals surface area contributed by atoms with Gasteiger partial charge in [0.15, 0.2) is 9.84 Å². The summed E-state index contributed by atoms with van der Waals surface area (Å²) in [6.07, 6.45) is 4.85. The van der Waals surface area contributed by atoms with Crippen molar-refractivity contribution in [2.75, 3.05) is 6.26 Å². The zero-order valence-electron chi connectivity index (χ0n) is 12.7. The molecule has 0 heterocycles. The first-order valence-electron chi connectivity index (χ1n) is 7.53. The maximum atomic E-state index is 12.4. The van der Waals surface area contributed by atoms with Crippen LogP contribution in [0.5, 0.6) is 0 Å². The van der Waals surface area contributed by atoms with Gasteiger partial charge in [-0.05, 0) is 49.3 Å². The fourth-order valence-corrected chi connectivity index (χ4v) is 5.52. The van der Waals surface area contributed by atoms with Crippen LogP contribution in [0.3, 0.4) is 0 Å². The number of fused-ring (bicyclic) bond motifs is 2. The number of sulfone groups is 1. The van der Waals surface area contributed by atoms with E-state index in [-0.39, 0.29) is 21.6 Å². The van der Waals surface area contributed by atoms with Crippen LogP contribution < -0.4 is 4.72 Å². The summed E-state index contributed by atoms with van der Waals surface area (Å²) in [5.41, 5.74) is 0. The monoisotopic (exact) mass is 357 g/mol. The Morgan fingerprint density at radius 3 is 2.35 bits per heavy atom. The summed E-state index contributed by atoms with van der Waals surface area (Å²) in [5.74, 6) is 0.0909. The molecule has 0 saturated heterocycles. The van der Waals surface area contributed by atoms with Gasteiger partial charge in [-0.15, -0.1) is 0 Å². The van der Waals surface area contributed by atoms with Crippen LogP contribution in [0, 0.1) is 17.8 Å². The third kappa shape index (κ3) is 3.28. The van der Waals surface area contributed by atoms with E-state index in [9.17, 15) is 21.6 Å². The molecule has 2 aliphatic carbocycles. The number of hydrogen-bond donors (Lipinski definition) is 1. The van der Waals surface area contributed by atoms with Gasteiger partial charge in [0, 0.05) is 12.2 Å². The van der Waals surface area contributed by atoms with E-state index >= 15 is 0 Å². The number of rotatable bonds is 4. The van der Waals surface area contributed by atoms with E-state index in [1.165, 1.54) is 18.2 Å². The molecule has 0 spiro atoms. The van der Waals surface area contributed by atoms with Crippen LogP contribution in [-0.4, -0.2) is 29.0 Å². The number of hydrogen-bond acceptors (Lipinski definition) is 5. The predicted octanol–water partition coefficient (Wildman–Crippen LogP) is 1.33. The van der Waals surface area contributed by atoms with E-state index < -0.39 is 25.8 Å². The molecule has 23 heavy (non-hydrogen) atoms. The molecular formula is C15H19NO5S2. The highest BCUT2D eigenvalue weighted by molar-refractivity contribution is 7.91. The molecule has 3 rings (SSSR count). The van der Waals surface area contributed by atoms with Gasteiger partial charge in [-0.3, -0.25) is 4.79 Å². The van der Waals surface area contributed by atoms with Crippen LogP contribution in [0.4, 0.5) is 0 Å². The summed E-state index contributed by atoms with van der Waals surface area (Å²) in [4.78, 5) is 12.0. The molecule has 1 aromatic rings. The number of carbonyl (C=O) groups is 1. The van der Waals surface area contributed by atoms with Crippen molar-refractivity contribution in [3.05, 3.63) is 24.3 Å². The van der Waals surface area contributed by atoms with Gasteiger partial charge in [0.1, 0.15) is 0 Å². The Balaban J connectivity index is 1.81. The molecular weight excluding hydrogens is 338 g/mol. The zero-order chi connectivity index (χ0) is 16.8. The normalized spacial score (nSPS) is 27.1. The fraction of sp³-hybridized carbons (Fsp3) is 0.533. The molecule has 1 amide bonds. The lowest BCUT2D eigenvalue weighted by molar-refractivity contribution is -0.124. The molecule has 2 bridgehead atoms. The molecule has 2 fully saturated rings. The maximum Gasteiger partial charge on any atom is 0.264 e. The molecule has 2 aliphatic rings. The van der Waals surface area contributed by atoms with Gasteiger partial charge < -0.3 is 0 Å². The van der Waals surface area contributed by atoms with Crippen LogP contribution in [-0.2, 0) is 24.7 Å². The maximum absolute atomic E-state index is 12.4. The highest BCUT2D eigenvalue weighted by atomic mass is 32.2. The van der Waals surface area contributed by atoms with Gasteiger partial charge in [0.25, 0.3) is 10.0 Å². The lowest BCUT2D eigenvalue weighted by Gasteiger charge is -2.20. The average Bonchev–Trinajstić information content (AvgIpc) is 3.09. The van der Waals surface area contributed by atoms with Gasteiger partial charge in [0.2, 0.25) is 5.91 Å². The SMILES string of the molecule is CS(=O)(=O)c1cccc(S(=O)(=O)NC(=O)C2CC3CCC2C3)c1. The lowest BCUT2D eigenvalue weighted by Crippen LogP contribution is -2.37. The highest BCUT2D eigenvalue weighted by Gasteiger charge is 2.43. The van der Waals surface area contributed by atoms with Crippen molar-refractivity contribution in [2.24, 2.45) is 17.8 Å². The van der Waals surface area contributed by atoms with E-state index in [2.05, 4.69) is 4.72 Å². The number of sulfonamides is 1. The second-order valence-electron chi connectivity index (χ2n) is 6.50. The third-order valence-corrected chi connectivity index (χ3v) is 7.31. The van der Waals surface area contributed by atoms with Crippen LogP contribution in [0.25, 0.3) is 0 Å². The van der Waals surface area contributed by atoms with Crippen molar-refractivity contribution < 1.29 is 21.6 Å². The summed E-state index contributed by atoms with van der Waals surface area (Å²) in [7, 11) is -7.57. The van der Waals surface area contributed by atoms with E-state index in [1.54, 1.807) is 0 Å². The quantitative estimate of drug-likeness (QED) is 0.877. The van der Waals surface area contributed by atoms with Gasteiger partial charge in [0.05, 0.1) is 9.79 Å². The van der Waals surface area contributed by atoms with E-state index in [4.69, 9.17) is 0 Å². The van der Waals surface area contributed by atoms with E-state index in [0.717, 1.165) is 38.0 Å². The van der Waals surface area contributed by atoms with Crippen molar-refractivity contribution >= 4 is 25.8 Å². The number of benzene rings is 1. The molecule has 1 N–H and O–H groups in total. The van der Waals surface area contributed by atoms with Crippen LogP contribution in [0.2, 0.25) is 0 Å². The molecule has 0 radical (unpaired) electrons. The van der Waals surface area contributed by atoms with Gasteiger partial charge >= 0.3 is 0 Å². The van der Waals surface area contributed by atoms with Crippen molar-refractivity contribution in [2.45, 2.75) is 35.5 Å². The fourth-order valence-electron chi connectivity index (χ4n) is 3.70. The number of nitrogens with one attached hydrogen (secondary N) is 1. The molecule has 1 aromatic carbocycles. The van der Waals surface area contributed by atoms with Gasteiger partial charge in [-0.2, -0.15) is 0 Å². The minimum absolute atomic E-state index is 0.0900. The molecule has 3 atom stereocenters. The van der Waals surface area contributed by atoms with Gasteiger partial charge in [-0.1, -0.05) is 12.5 Å². The summed E-state index contributed by atoms with van der Waals surface area (Å²) in [6, 6.07) is 5.04. The minimum Gasteiger partial charge on any atom is -0.274 e. The molecule has 0 aromatic heterocycles. The van der Waals surface area contributed by atoms with Crippen molar-refractivity contribution in [1.29, 1.82) is 0 Å². The molecule has 0 aliphatic heterocycles. The Labute approximate surface area is 136 Å². The molecule has 2 saturated carbocycles. The first-order valence-corrected chi connectivity index (χ1v) is 10.9. The summed E-state index contributed by atoms with van der Waals surface area (Å²) in [6.45, 7) is 0. The Morgan fingerprint density at radius 2 is 1.78 bits per heavy atom. The number of amides is 1. The van der Waals surface area contributed by atoms with Crippen LogP contribution in [0.1, 0.15) is 25.7 Å². The Bertz CT molecular complexity index is 844. The summed E-state index contributed by atoms with van der Waals surface area (Å²) < 4.78 is 49.9. The lowest BCUT2D eigenvalue weighted by atomic mass is 9.88. The van der Waals surface area contributed by atoms with E-state index in [0.29, 0.717) is 5.92 Å². The van der Waals surface area contributed by atoms with Crippen LogP contribution in [0.15, 0.2) is 34.1 Å². The Morgan fingerprint density at radius 1 is 1.09 bits per heavy atom. The van der Waals surface area contributed by atoms with Crippen molar-refractivity contribution in [1.82, 2.24) is 4.72 Å². The topological polar surface area (TPSA) is 97.4 Å². The first kappa shape index (κ1) is 16.4. The number of carbonyl (C=O) groups excluding carboxylic acids is 1. The summed E-state index contributed by atoms with van der Waals surface area (Å²) >= 11 is 0. The first-order chi connectivity index (χ1) is 10.7. The second kappa shape index (κ2) is 5.59. The smallest absolute Gasteiger partial charge is 0.264 e. The van der Waals surface area contributed by atoms with Crippen molar-refractivity contribution in [3.8, 4) is 0 Å². The largest absolute Gasteiger partial charge is 0.274 e. The Hall–Kier alpha value is -1.41.